The molecule has 1 aliphatic rings. The van der Waals surface area contributed by atoms with E-state index in [1.54, 1.807) is 0 Å². The number of benzene rings is 1. The smallest absolute Gasteiger partial charge is 0.0646 e. The molecule has 2 rings (SSSR count). The highest BCUT2D eigenvalue weighted by Gasteiger charge is 2.15. The predicted molar refractivity (Wildman–Crippen MR) is 59.2 cm³/mol. The van der Waals surface area contributed by atoms with Crippen molar-refractivity contribution >= 4 is 10.8 Å². The molecule has 0 aromatic heterocycles. The molecule has 1 nitrogen and oxygen atoms in total. The molecule has 1 radical (unpaired) electrons. The summed E-state index contributed by atoms with van der Waals surface area (Å²) < 4.78 is 12.0. The molecule has 2 unspecified atom stereocenters. The monoisotopic (exact) mass is 203 g/mol. The molecule has 0 saturated heterocycles. The first-order chi connectivity index (χ1) is 6.88. The summed E-state index contributed by atoms with van der Waals surface area (Å²) in [5.74, 6) is 0. The fraction of sp³-hybridized carbons (Fsp3) is 0.0833. The van der Waals surface area contributed by atoms with Gasteiger partial charge in [-0.05, 0) is 12.1 Å². The minimum Gasteiger partial charge on any atom is -0.254 e. The summed E-state index contributed by atoms with van der Waals surface area (Å²) >= 11 is 0. The molecule has 14 heavy (non-hydrogen) atoms. The Bertz CT molecular complexity index is 379. The molecule has 0 spiro atoms. The second-order valence-electron chi connectivity index (χ2n) is 3.04. The molecule has 1 aromatic rings. The van der Waals surface area contributed by atoms with E-state index in [1.165, 1.54) is 0 Å². The fourth-order valence-corrected chi connectivity index (χ4v) is 2.54. The van der Waals surface area contributed by atoms with Crippen molar-refractivity contribution in [2.75, 3.05) is 0 Å². The molecule has 0 amide bonds. The first-order valence-corrected chi connectivity index (χ1v) is 5.73. The van der Waals surface area contributed by atoms with Crippen molar-refractivity contribution in [1.29, 1.82) is 0 Å². The first kappa shape index (κ1) is 9.41. The van der Waals surface area contributed by atoms with E-state index < -0.39 is 10.8 Å². The van der Waals surface area contributed by atoms with Gasteiger partial charge in [-0.3, -0.25) is 4.21 Å². The zero-order chi connectivity index (χ0) is 9.80. The average molecular weight is 203 g/mol. The van der Waals surface area contributed by atoms with Gasteiger partial charge in [-0.2, -0.15) is 0 Å². The lowest BCUT2D eigenvalue weighted by Crippen LogP contribution is -2.13. The lowest BCUT2D eigenvalue weighted by atomic mass is 10.2. The van der Waals surface area contributed by atoms with Crippen LogP contribution in [0.25, 0.3) is 0 Å². The molecular formula is C12H11OS. The van der Waals surface area contributed by atoms with E-state index in [2.05, 4.69) is 0 Å². The Labute approximate surface area is 86.6 Å². The zero-order valence-electron chi connectivity index (χ0n) is 7.67. The van der Waals surface area contributed by atoms with E-state index >= 15 is 0 Å². The average Bonchev–Trinajstić information content (AvgIpc) is 2.30. The highest BCUT2D eigenvalue weighted by atomic mass is 32.2. The first-order valence-electron chi connectivity index (χ1n) is 4.52. The molecule has 0 bridgehead atoms. The molecule has 71 valence electrons. The van der Waals surface area contributed by atoms with Crippen LogP contribution in [-0.4, -0.2) is 9.46 Å². The summed E-state index contributed by atoms with van der Waals surface area (Å²) in [6.07, 6.45) is 9.74. The van der Waals surface area contributed by atoms with Crippen molar-refractivity contribution in [3.8, 4) is 0 Å². The summed E-state index contributed by atoms with van der Waals surface area (Å²) in [6.45, 7) is 0. The Kier molecular flexibility index (Phi) is 2.94. The topological polar surface area (TPSA) is 17.1 Å². The molecule has 0 fully saturated rings. The van der Waals surface area contributed by atoms with E-state index in [0.717, 1.165) is 4.90 Å². The maximum absolute atomic E-state index is 12.0. The third kappa shape index (κ3) is 2.02. The van der Waals surface area contributed by atoms with Gasteiger partial charge in [0.15, 0.2) is 0 Å². The number of allylic oxidation sites excluding steroid dienone is 3. The number of hydrogen-bond donors (Lipinski definition) is 0. The Morgan fingerprint density at radius 3 is 2.43 bits per heavy atom. The SMILES string of the molecule is O=S(c1ccccc1)C1[CH]C=CC=C1. The maximum atomic E-state index is 12.0. The van der Waals surface area contributed by atoms with Gasteiger partial charge < -0.3 is 0 Å². The van der Waals surface area contributed by atoms with E-state index in [-0.39, 0.29) is 5.25 Å². The van der Waals surface area contributed by atoms with Crippen LogP contribution in [-0.2, 0) is 10.8 Å². The summed E-state index contributed by atoms with van der Waals surface area (Å²) in [5, 5.41) is 0.0161. The summed E-state index contributed by atoms with van der Waals surface area (Å²) in [7, 11) is -0.963. The van der Waals surface area contributed by atoms with E-state index in [1.807, 2.05) is 61.1 Å². The molecule has 1 aliphatic carbocycles. The van der Waals surface area contributed by atoms with Gasteiger partial charge in [0.1, 0.15) is 0 Å². The fourth-order valence-electron chi connectivity index (χ4n) is 1.33. The highest BCUT2D eigenvalue weighted by Crippen LogP contribution is 2.16. The lowest BCUT2D eigenvalue weighted by Gasteiger charge is -2.11. The van der Waals surface area contributed by atoms with Gasteiger partial charge in [0.25, 0.3) is 0 Å². The van der Waals surface area contributed by atoms with E-state index in [4.69, 9.17) is 0 Å². The third-order valence-electron chi connectivity index (χ3n) is 2.05. The largest absolute Gasteiger partial charge is 0.254 e. The Morgan fingerprint density at radius 1 is 1.00 bits per heavy atom. The van der Waals surface area contributed by atoms with Crippen LogP contribution in [0.1, 0.15) is 0 Å². The van der Waals surface area contributed by atoms with Crippen LogP contribution in [0, 0.1) is 6.42 Å². The van der Waals surface area contributed by atoms with Crippen LogP contribution in [0.3, 0.4) is 0 Å². The second kappa shape index (κ2) is 4.38. The molecule has 0 N–H and O–H groups in total. The van der Waals surface area contributed by atoms with Crippen molar-refractivity contribution in [3.05, 3.63) is 61.1 Å². The molecule has 0 aliphatic heterocycles. The van der Waals surface area contributed by atoms with E-state index in [0.29, 0.717) is 0 Å². The van der Waals surface area contributed by atoms with Crippen molar-refractivity contribution in [3.63, 3.8) is 0 Å². The summed E-state index contributed by atoms with van der Waals surface area (Å²) in [6, 6.07) is 9.55. The normalized spacial score (nSPS) is 22.1. The number of hydrogen-bond acceptors (Lipinski definition) is 1. The van der Waals surface area contributed by atoms with Gasteiger partial charge in [0.2, 0.25) is 0 Å². The quantitative estimate of drug-likeness (QED) is 0.721. The Balaban J connectivity index is 2.17. The van der Waals surface area contributed by atoms with Gasteiger partial charge >= 0.3 is 0 Å². The third-order valence-corrected chi connectivity index (χ3v) is 3.59. The Morgan fingerprint density at radius 2 is 1.79 bits per heavy atom. The van der Waals surface area contributed by atoms with Gasteiger partial charge in [-0.1, -0.05) is 42.5 Å². The molecule has 1 aromatic carbocycles. The van der Waals surface area contributed by atoms with Crippen LogP contribution >= 0.6 is 0 Å². The second-order valence-corrected chi connectivity index (χ2v) is 4.65. The van der Waals surface area contributed by atoms with Crippen LogP contribution in [0.2, 0.25) is 0 Å². The van der Waals surface area contributed by atoms with Gasteiger partial charge in [0.05, 0.1) is 16.0 Å². The van der Waals surface area contributed by atoms with Crippen LogP contribution < -0.4 is 0 Å². The standard InChI is InChI=1S/C12H11OS/c13-14(11-7-3-1-4-8-11)12-9-5-2-6-10-12/h1-11H. The molecule has 2 heteroatoms. The lowest BCUT2D eigenvalue weighted by molar-refractivity contribution is 0.681. The Hall–Kier alpha value is -1.15. The minimum absolute atomic E-state index is 0.0161. The van der Waals surface area contributed by atoms with Crippen LogP contribution in [0.4, 0.5) is 0 Å². The summed E-state index contributed by atoms with van der Waals surface area (Å²) in [5.41, 5.74) is 0. The summed E-state index contributed by atoms with van der Waals surface area (Å²) in [4.78, 5) is 0.883. The predicted octanol–water partition coefficient (Wildman–Crippen LogP) is 2.49. The van der Waals surface area contributed by atoms with Gasteiger partial charge in [-0.15, -0.1) is 0 Å². The highest BCUT2D eigenvalue weighted by molar-refractivity contribution is 7.86. The molecule has 0 heterocycles. The maximum Gasteiger partial charge on any atom is 0.0646 e. The van der Waals surface area contributed by atoms with Gasteiger partial charge in [0, 0.05) is 11.3 Å². The van der Waals surface area contributed by atoms with Crippen molar-refractivity contribution < 1.29 is 4.21 Å². The molecular weight excluding hydrogens is 192 g/mol. The minimum atomic E-state index is -0.963. The van der Waals surface area contributed by atoms with Gasteiger partial charge in [-0.25, -0.2) is 0 Å². The zero-order valence-corrected chi connectivity index (χ0v) is 8.48. The number of rotatable bonds is 2. The van der Waals surface area contributed by atoms with Crippen molar-refractivity contribution in [2.24, 2.45) is 0 Å². The van der Waals surface area contributed by atoms with Crippen molar-refractivity contribution in [1.82, 2.24) is 0 Å². The van der Waals surface area contributed by atoms with Crippen molar-refractivity contribution in [2.45, 2.75) is 10.1 Å². The molecule has 2 atom stereocenters. The van der Waals surface area contributed by atoms with Crippen LogP contribution in [0.15, 0.2) is 59.5 Å². The molecule has 0 saturated carbocycles. The van der Waals surface area contributed by atoms with Crippen LogP contribution in [0.5, 0.6) is 0 Å². The van der Waals surface area contributed by atoms with E-state index in [9.17, 15) is 4.21 Å².